The molecule has 2 rings (SSSR count). The lowest BCUT2D eigenvalue weighted by Gasteiger charge is -2.09. The van der Waals surface area contributed by atoms with Crippen molar-refractivity contribution in [1.82, 2.24) is 0 Å². The fourth-order valence-corrected chi connectivity index (χ4v) is 2.24. The Bertz CT molecular complexity index is 545. The van der Waals surface area contributed by atoms with Gasteiger partial charge in [0.25, 0.3) is 0 Å². The molecular weight excluding hydrogens is 314 g/mol. The van der Waals surface area contributed by atoms with E-state index in [9.17, 15) is 0 Å². The van der Waals surface area contributed by atoms with E-state index in [4.69, 9.17) is 16.3 Å². The number of hydrogen-bond donors (Lipinski definition) is 1. The van der Waals surface area contributed by atoms with Gasteiger partial charge in [0.2, 0.25) is 0 Å². The fourth-order valence-electron chi connectivity index (χ4n) is 1.62. The number of hydrogen-bond acceptors (Lipinski definition) is 2. The summed E-state index contributed by atoms with van der Waals surface area (Å²) in [6, 6.07) is 13.7. The van der Waals surface area contributed by atoms with Crippen LogP contribution in [0.25, 0.3) is 0 Å². The average Bonchev–Trinajstić information content (AvgIpc) is 2.38. The number of nitrogens with one attached hydrogen (secondary N) is 1. The van der Waals surface area contributed by atoms with E-state index in [1.54, 1.807) is 7.11 Å². The van der Waals surface area contributed by atoms with Crippen molar-refractivity contribution in [3.05, 3.63) is 57.5 Å². The largest absolute Gasteiger partial charge is 0.495 e. The first-order valence-corrected chi connectivity index (χ1v) is 6.68. The maximum atomic E-state index is 5.94. The molecule has 0 amide bonds. The highest BCUT2D eigenvalue weighted by Gasteiger charge is 2.01. The van der Waals surface area contributed by atoms with Crippen LogP contribution < -0.4 is 10.1 Å². The highest BCUT2D eigenvalue weighted by molar-refractivity contribution is 9.10. The number of methoxy groups -OCH3 is 1. The molecule has 0 spiro atoms. The van der Waals surface area contributed by atoms with Crippen molar-refractivity contribution in [1.29, 1.82) is 0 Å². The summed E-state index contributed by atoms with van der Waals surface area (Å²) < 4.78 is 6.19. The zero-order chi connectivity index (χ0) is 13.0. The van der Waals surface area contributed by atoms with Gasteiger partial charge in [-0.25, -0.2) is 0 Å². The first-order chi connectivity index (χ1) is 8.69. The molecule has 0 aliphatic rings. The molecule has 0 saturated carbocycles. The molecule has 0 unspecified atom stereocenters. The van der Waals surface area contributed by atoms with Gasteiger partial charge in [-0.1, -0.05) is 23.7 Å². The van der Waals surface area contributed by atoms with Crippen molar-refractivity contribution in [2.24, 2.45) is 0 Å². The van der Waals surface area contributed by atoms with Crippen LogP contribution in [-0.2, 0) is 6.54 Å². The first kappa shape index (κ1) is 13.2. The van der Waals surface area contributed by atoms with Crippen molar-refractivity contribution in [3.63, 3.8) is 0 Å². The summed E-state index contributed by atoms with van der Waals surface area (Å²) in [6.45, 7) is 0.728. The number of anilines is 1. The smallest absolute Gasteiger partial charge is 0.135 e. The van der Waals surface area contributed by atoms with Gasteiger partial charge in [0, 0.05) is 23.3 Å². The Morgan fingerprint density at radius 3 is 2.78 bits per heavy atom. The summed E-state index contributed by atoms with van der Waals surface area (Å²) in [5.41, 5.74) is 2.15. The Balaban J connectivity index is 2.06. The van der Waals surface area contributed by atoms with Crippen LogP contribution in [-0.4, -0.2) is 7.11 Å². The van der Waals surface area contributed by atoms with E-state index in [0.717, 1.165) is 33.0 Å². The minimum atomic E-state index is 0.728. The predicted molar refractivity (Wildman–Crippen MR) is 79.5 cm³/mol. The predicted octanol–water partition coefficient (Wildman–Crippen LogP) is 4.72. The zero-order valence-electron chi connectivity index (χ0n) is 9.91. The number of benzene rings is 2. The molecule has 1 N–H and O–H groups in total. The van der Waals surface area contributed by atoms with Crippen LogP contribution in [0.15, 0.2) is 46.9 Å². The molecule has 0 aliphatic carbocycles. The van der Waals surface area contributed by atoms with E-state index in [-0.39, 0.29) is 0 Å². The molecular formula is C14H13BrClNO. The monoisotopic (exact) mass is 325 g/mol. The Kier molecular flexibility index (Phi) is 4.50. The molecule has 0 heterocycles. The zero-order valence-corrected chi connectivity index (χ0v) is 12.3. The molecule has 0 aliphatic heterocycles. The van der Waals surface area contributed by atoms with Gasteiger partial charge in [0.05, 0.1) is 11.6 Å². The van der Waals surface area contributed by atoms with Crippen molar-refractivity contribution in [2.45, 2.75) is 6.54 Å². The minimum absolute atomic E-state index is 0.728. The van der Waals surface area contributed by atoms with Crippen LogP contribution in [0, 0.1) is 0 Å². The van der Waals surface area contributed by atoms with Gasteiger partial charge in [0.1, 0.15) is 5.75 Å². The maximum Gasteiger partial charge on any atom is 0.135 e. The molecule has 2 aromatic carbocycles. The van der Waals surface area contributed by atoms with E-state index >= 15 is 0 Å². The van der Waals surface area contributed by atoms with Crippen molar-refractivity contribution in [3.8, 4) is 5.75 Å². The van der Waals surface area contributed by atoms with Gasteiger partial charge in [-0.05, 0) is 45.8 Å². The number of halogens is 2. The van der Waals surface area contributed by atoms with Gasteiger partial charge < -0.3 is 10.1 Å². The molecule has 94 valence electrons. The summed E-state index contributed by atoms with van der Waals surface area (Å²) >= 11 is 9.37. The summed E-state index contributed by atoms with van der Waals surface area (Å²) in [6.07, 6.45) is 0. The summed E-state index contributed by atoms with van der Waals surface area (Å²) in [7, 11) is 1.65. The molecule has 2 nitrogen and oxygen atoms in total. The lowest BCUT2D eigenvalue weighted by Crippen LogP contribution is -1.99. The summed E-state index contributed by atoms with van der Waals surface area (Å²) in [5, 5.41) is 4.08. The molecule has 0 fully saturated rings. The molecule has 0 aromatic heterocycles. The lowest BCUT2D eigenvalue weighted by atomic mass is 10.2. The first-order valence-electron chi connectivity index (χ1n) is 5.51. The molecule has 2 aromatic rings. The Morgan fingerprint density at radius 2 is 2.06 bits per heavy atom. The number of rotatable bonds is 4. The Hall–Kier alpha value is -1.19. The van der Waals surface area contributed by atoms with Gasteiger partial charge in [-0.15, -0.1) is 0 Å². The Labute approximate surface area is 120 Å². The topological polar surface area (TPSA) is 21.3 Å². The van der Waals surface area contributed by atoms with Crippen LogP contribution in [0.3, 0.4) is 0 Å². The van der Waals surface area contributed by atoms with Crippen LogP contribution in [0.5, 0.6) is 5.75 Å². The second-order valence-electron chi connectivity index (χ2n) is 3.83. The molecule has 0 bridgehead atoms. The summed E-state index contributed by atoms with van der Waals surface area (Å²) in [5.74, 6) is 0.811. The van der Waals surface area contributed by atoms with E-state index in [1.807, 2.05) is 42.5 Å². The van der Waals surface area contributed by atoms with Crippen LogP contribution >= 0.6 is 27.5 Å². The fraction of sp³-hybridized carbons (Fsp3) is 0.143. The van der Waals surface area contributed by atoms with Crippen molar-refractivity contribution < 1.29 is 4.74 Å². The molecule has 0 radical (unpaired) electrons. The molecule has 4 heteroatoms. The molecule has 0 atom stereocenters. The van der Waals surface area contributed by atoms with Gasteiger partial charge in [-0.2, -0.15) is 0 Å². The van der Waals surface area contributed by atoms with Gasteiger partial charge in [0.15, 0.2) is 0 Å². The third kappa shape index (κ3) is 3.40. The van der Waals surface area contributed by atoms with E-state index < -0.39 is 0 Å². The maximum absolute atomic E-state index is 5.94. The minimum Gasteiger partial charge on any atom is -0.495 e. The van der Waals surface area contributed by atoms with Crippen molar-refractivity contribution >= 4 is 33.2 Å². The normalized spacial score (nSPS) is 10.2. The quantitative estimate of drug-likeness (QED) is 0.877. The van der Waals surface area contributed by atoms with Gasteiger partial charge >= 0.3 is 0 Å². The standard InChI is InChI=1S/C14H13BrClNO/c1-18-14-8-12(5-6-13(14)15)17-9-10-3-2-4-11(16)7-10/h2-8,17H,9H2,1H3. The van der Waals surface area contributed by atoms with Gasteiger partial charge in [-0.3, -0.25) is 0 Å². The SMILES string of the molecule is COc1cc(NCc2cccc(Cl)c2)ccc1Br. The molecule has 18 heavy (non-hydrogen) atoms. The lowest BCUT2D eigenvalue weighted by molar-refractivity contribution is 0.412. The second kappa shape index (κ2) is 6.12. The van der Waals surface area contributed by atoms with Crippen LogP contribution in [0.4, 0.5) is 5.69 Å². The van der Waals surface area contributed by atoms with E-state index in [0.29, 0.717) is 0 Å². The third-order valence-corrected chi connectivity index (χ3v) is 3.43. The van der Waals surface area contributed by atoms with Crippen LogP contribution in [0.1, 0.15) is 5.56 Å². The molecule has 0 saturated heterocycles. The highest BCUT2D eigenvalue weighted by atomic mass is 79.9. The second-order valence-corrected chi connectivity index (χ2v) is 5.12. The van der Waals surface area contributed by atoms with E-state index in [2.05, 4.69) is 21.2 Å². The van der Waals surface area contributed by atoms with Crippen molar-refractivity contribution in [2.75, 3.05) is 12.4 Å². The Morgan fingerprint density at radius 1 is 1.22 bits per heavy atom. The summed E-state index contributed by atoms with van der Waals surface area (Å²) in [4.78, 5) is 0. The highest BCUT2D eigenvalue weighted by Crippen LogP contribution is 2.28. The van der Waals surface area contributed by atoms with Crippen LogP contribution in [0.2, 0.25) is 5.02 Å². The average molecular weight is 327 g/mol. The van der Waals surface area contributed by atoms with E-state index in [1.165, 1.54) is 0 Å². The third-order valence-electron chi connectivity index (χ3n) is 2.54. The number of ether oxygens (including phenoxy) is 1.